The molecule has 2 heterocycles. The van der Waals surface area contributed by atoms with Crippen molar-refractivity contribution in [2.24, 2.45) is 5.92 Å². The molecule has 0 radical (unpaired) electrons. The predicted molar refractivity (Wildman–Crippen MR) is 93.5 cm³/mol. The second-order valence-electron chi connectivity index (χ2n) is 6.51. The Balaban J connectivity index is 1.72. The summed E-state index contributed by atoms with van der Waals surface area (Å²) in [5, 5.41) is 1.80. The van der Waals surface area contributed by atoms with Gasteiger partial charge in [-0.2, -0.15) is 0 Å². The van der Waals surface area contributed by atoms with Crippen LogP contribution in [0.25, 0.3) is 0 Å². The Bertz CT molecular complexity index is 689. The van der Waals surface area contributed by atoms with E-state index in [-0.39, 0.29) is 17.8 Å². The predicted octanol–water partition coefficient (Wildman–Crippen LogP) is 3.26. The molecule has 1 aromatic carbocycles. The third-order valence-corrected chi connectivity index (χ3v) is 5.12. The van der Waals surface area contributed by atoms with Gasteiger partial charge >= 0.3 is 0 Å². The molecule has 0 saturated carbocycles. The van der Waals surface area contributed by atoms with E-state index in [1.165, 1.54) is 17.4 Å². The quantitative estimate of drug-likeness (QED) is 0.852. The van der Waals surface area contributed by atoms with E-state index >= 15 is 0 Å². The minimum Gasteiger partial charge on any atom is -0.331 e. The van der Waals surface area contributed by atoms with Crippen LogP contribution in [-0.2, 0) is 6.54 Å². The van der Waals surface area contributed by atoms with E-state index in [2.05, 4.69) is 23.7 Å². The maximum Gasteiger partial charge on any atom is 0.273 e. The Morgan fingerprint density at radius 3 is 2.83 bits per heavy atom. The molecule has 2 aromatic rings. The maximum absolute atomic E-state index is 13.9. The molecule has 3 rings (SSSR count). The molecule has 1 amide bonds. The zero-order valence-corrected chi connectivity index (χ0v) is 14.8. The lowest BCUT2D eigenvalue weighted by Crippen LogP contribution is -2.56. The number of piperazine rings is 1. The van der Waals surface area contributed by atoms with E-state index in [0.717, 1.165) is 13.1 Å². The number of halogens is 1. The molecule has 6 heteroatoms. The first-order valence-corrected chi connectivity index (χ1v) is 9.15. The molecular formula is C18H22FN3OS. The highest BCUT2D eigenvalue weighted by atomic mass is 32.1. The average molecular weight is 347 g/mol. The molecule has 1 aliphatic rings. The number of aromatic nitrogens is 1. The summed E-state index contributed by atoms with van der Waals surface area (Å²) in [5.74, 6) is 0.163. The van der Waals surface area contributed by atoms with Crippen molar-refractivity contribution in [1.29, 1.82) is 0 Å². The van der Waals surface area contributed by atoms with E-state index in [1.54, 1.807) is 17.0 Å². The molecule has 1 saturated heterocycles. The first-order chi connectivity index (χ1) is 11.6. The molecule has 0 aliphatic carbocycles. The third-order valence-electron chi connectivity index (χ3n) is 4.54. The molecule has 0 unspecified atom stereocenters. The first kappa shape index (κ1) is 17.0. The smallest absolute Gasteiger partial charge is 0.273 e. The standard InChI is InChI=1S/C18H22FN3OS/c1-13(2)17-10-21(9-14-5-3-4-6-15(14)19)7-8-22(17)18(23)16-11-24-12-20-16/h3-6,11-13,17H,7-10H2,1-2H3/t17-/m1/s1. The van der Waals surface area contributed by atoms with Crippen LogP contribution in [-0.4, -0.2) is 46.4 Å². The number of amides is 1. The number of carbonyl (C=O) groups is 1. The molecule has 1 fully saturated rings. The number of nitrogens with zero attached hydrogens (tertiary/aromatic N) is 3. The van der Waals surface area contributed by atoms with Crippen molar-refractivity contribution in [3.05, 3.63) is 52.2 Å². The van der Waals surface area contributed by atoms with Crippen molar-refractivity contribution in [3.63, 3.8) is 0 Å². The Hall–Kier alpha value is -1.79. The van der Waals surface area contributed by atoms with Gasteiger partial charge in [0.1, 0.15) is 11.5 Å². The van der Waals surface area contributed by atoms with Crippen molar-refractivity contribution >= 4 is 17.2 Å². The summed E-state index contributed by atoms with van der Waals surface area (Å²) in [4.78, 5) is 21.0. The lowest BCUT2D eigenvalue weighted by Gasteiger charge is -2.43. The summed E-state index contributed by atoms with van der Waals surface area (Å²) >= 11 is 1.43. The van der Waals surface area contributed by atoms with Crippen LogP contribution in [0.3, 0.4) is 0 Å². The number of thiazole rings is 1. The summed E-state index contributed by atoms with van der Waals surface area (Å²) in [6.07, 6.45) is 0. The van der Waals surface area contributed by atoms with Crippen LogP contribution in [0.15, 0.2) is 35.2 Å². The topological polar surface area (TPSA) is 36.4 Å². The minimum atomic E-state index is -0.167. The first-order valence-electron chi connectivity index (χ1n) is 8.21. The van der Waals surface area contributed by atoms with Crippen molar-refractivity contribution < 1.29 is 9.18 Å². The molecule has 1 aliphatic heterocycles. The highest BCUT2D eigenvalue weighted by Crippen LogP contribution is 2.22. The Kier molecular flexibility index (Phi) is 5.26. The highest BCUT2D eigenvalue weighted by molar-refractivity contribution is 7.07. The van der Waals surface area contributed by atoms with Gasteiger partial charge in [-0.15, -0.1) is 11.3 Å². The second-order valence-corrected chi connectivity index (χ2v) is 7.23. The van der Waals surface area contributed by atoms with Crippen LogP contribution < -0.4 is 0 Å². The molecule has 1 aromatic heterocycles. The Labute approximate surface area is 145 Å². The fourth-order valence-electron chi connectivity index (χ4n) is 3.17. The highest BCUT2D eigenvalue weighted by Gasteiger charge is 2.33. The lowest BCUT2D eigenvalue weighted by molar-refractivity contribution is 0.0322. The Morgan fingerprint density at radius 1 is 1.38 bits per heavy atom. The lowest BCUT2D eigenvalue weighted by atomic mass is 9.98. The van der Waals surface area contributed by atoms with Gasteiger partial charge in [0, 0.05) is 43.2 Å². The fraction of sp³-hybridized carbons (Fsp3) is 0.444. The van der Waals surface area contributed by atoms with E-state index in [9.17, 15) is 9.18 Å². The summed E-state index contributed by atoms with van der Waals surface area (Å²) in [6, 6.07) is 7.00. The number of hydrogen-bond acceptors (Lipinski definition) is 4. The zero-order valence-electron chi connectivity index (χ0n) is 14.0. The molecule has 0 spiro atoms. The van der Waals surface area contributed by atoms with E-state index in [0.29, 0.717) is 30.3 Å². The largest absolute Gasteiger partial charge is 0.331 e. The van der Waals surface area contributed by atoms with E-state index < -0.39 is 0 Å². The van der Waals surface area contributed by atoms with Gasteiger partial charge in [0.15, 0.2) is 0 Å². The molecule has 4 nitrogen and oxygen atoms in total. The fourth-order valence-corrected chi connectivity index (χ4v) is 3.69. The zero-order chi connectivity index (χ0) is 17.1. The van der Waals surface area contributed by atoms with Crippen LogP contribution >= 0.6 is 11.3 Å². The third kappa shape index (κ3) is 3.65. The van der Waals surface area contributed by atoms with Crippen molar-refractivity contribution in [2.45, 2.75) is 26.4 Å². The number of carbonyl (C=O) groups excluding carboxylic acids is 1. The van der Waals surface area contributed by atoms with Gasteiger partial charge in [-0.05, 0) is 12.0 Å². The van der Waals surface area contributed by atoms with Gasteiger partial charge in [0.2, 0.25) is 0 Å². The summed E-state index contributed by atoms with van der Waals surface area (Å²) in [7, 11) is 0. The molecule has 24 heavy (non-hydrogen) atoms. The van der Waals surface area contributed by atoms with Crippen LogP contribution in [0.2, 0.25) is 0 Å². The molecule has 0 N–H and O–H groups in total. The van der Waals surface area contributed by atoms with Crippen LogP contribution in [0, 0.1) is 11.7 Å². The maximum atomic E-state index is 13.9. The van der Waals surface area contributed by atoms with Gasteiger partial charge in [-0.3, -0.25) is 9.69 Å². The van der Waals surface area contributed by atoms with Gasteiger partial charge in [-0.1, -0.05) is 32.0 Å². The second kappa shape index (κ2) is 7.40. The van der Waals surface area contributed by atoms with Gasteiger partial charge in [0.25, 0.3) is 5.91 Å². The van der Waals surface area contributed by atoms with Gasteiger partial charge in [0.05, 0.1) is 5.51 Å². The number of rotatable bonds is 4. The van der Waals surface area contributed by atoms with Gasteiger partial charge < -0.3 is 4.90 Å². The molecule has 0 bridgehead atoms. The van der Waals surface area contributed by atoms with Gasteiger partial charge in [-0.25, -0.2) is 9.37 Å². The number of benzene rings is 1. The minimum absolute atomic E-state index is 0.000455. The summed E-state index contributed by atoms with van der Waals surface area (Å²) in [5.41, 5.74) is 2.92. The molecular weight excluding hydrogens is 325 g/mol. The summed E-state index contributed by atoms with van der Waals surface area (Å²) < 4.78 is 13.9. The number of hydrogen-bond donors (Lipinski definition) is 0. The monoisotopic (exact) mass is 347 g/mol. The normalized spacial score (nSPS) is 19.0. The molecule has 1 atom stereocenters. The van der Waals surface area contributed by atoms with Crippen molar-refractivity contribution in [1.82, 2.24) is 14.8 Å². The molecule has 128 valence electrons. The van der Waals surface area contributed by atoms with E-state index in [1.807, 2.05) is 17.0 Å². The van der Waals surface area contributed by atoms with Crippen molar-refractivity contribution in [3.8, 4) is 0 Å². The van der Waals surface area contributed by atoms with Crippen molar-refractivity contribution in [2.75, 3.05) is 19.6 Å². The summed E-state index contributed by atoms with van der Waals surface area (Å²) in [6.45, 7) is 6.97. The van der Waals surface area contributed by atoms with E-state index in [4.69, 9.17) is 0 Å². The Morgan fingerprint density at radius 2 is 2.17 bits per heavy atom. The van der Waals surface area contributed by atoms with Crippen LogP contribution in [0.5, 0.6) is 0 Å². The SMILES string of the molecule is CC(C)[C@H]1CN(Cc2ccccc2F)CCN1C(=O)c1cscn1. The van der Waals surface area contributed by atoms with Crippen LogP contribution in [0.1, 0.15) is 29.9 Å². The average Bonchev–Trinajstić information content (AvgIpc) is 3.11. The van der Waals surface area contributed by atoms with Crippen LogP contribution in [0.4, 0.5) is 4.39 Å².